The molecule has 9 heteroatoms. The van der Waals surface area contributed by atoms with Crippen LogP contribution in [0.5, 0.6) is 0 Å². The monoisotopic (exact) mass is 458 g/mol. The van der Waals surface area contributed by atoms with E-state index in [1.807, 2.05) is 42.7 Å². The zero-order valence-electron chi connectivity index (χ0n) is 18.4. The van der Waals surface area contributed by atoms with Crippen LogP contribution >= 0.6 is 11.8 Å². The lowest BCUT2D eigenvalue weighted by atomic mass is 10.0. The quantitative estimate of drug-likeness (QED) is 0.405. The molecule has 2 aromatic carbocycles. The number of anilines is 1. The Hall–Kier alpha value is -3.85. The SMILES string of the molecule is CSc1cccc(NC(=O)Cn2nc3c4cc(-c5ccc(C)c(C)c5)nn4ccn3c2=O)c1. The van der Waals surface area contributed by atoms with Gasteiger partial charge >= 0.3 is 5.69 Å². The number of amides is 1. The first-order chi connectivity index (χ1) is 15.9. The van der Waals surface area contributed by atoms with Gasteiger partial charge in [-0.25, -0.2) is 18.4 Å². The van der Waals surface area contributed by atoms with E-state index in [4.69, 9.17) is 0 Å². The number of rotatable bonds is 5. The summed E-state index contributed by atoms with van der Waals surface area (Å²) in [4.78, 5) is 26.5. The first-order valence-electron chi connectivity index (χ1n) is 10.4. The zero-order chi connectivity index (χ0) is 23.1. The normalized spacial score (nSPS) is 11.4. The van der Waals surface area contributed by atoms with Crippen LogP contribution in [0.4, 0.5) is 5.69 Å². The molecular formula is C24H22N6O2S. The maximum atomic E-state index is 12.9. The fourth-order valence-electron chi connectivity index (χ4n) is 3.72. The summed E-state index contributed by atoms with van der Waals surface area (Å²) in [6.07, 6.45) is 5.30. The largest absolute Gasteiger partial charge is 0.350 e. The molecule has 5 rings (SSSR count). The van der Waals surface area contributed by atoms with Crippen molar-refractivity contribution in [2.24, 2.45) is 0 Å². The number of hydrogen-bond donors (Lipinski definition) is 1. The first kappa shape index (κ1) is 21.0. The van der Waals surface area contributed by atoms with Gasteiger partial charge in [0.25, 0.3) is 0 Å². The maximum Gasteiger partial charge on any atom is 0.350 e. The standard InChI is InChI=1S/C24H22N6O2S/c1-15-7-8-17(11-16(15)2)20-13-21-23-27-30(24(32)28(23)9-10-29(21)26-20)14-22(31)25-18-5-4-6-19(12-18)33-3/h4-13H,14H2,1-3H3,(H,25,31). The number of aryl methyl sites for hydroxylation is 2. The Morgan fingerprint density at radius 1 is 1.03 bits per heavy atom. The van der Waals surface area contributed by atoms with Crippen molar-refractivity contribution in [1.82, 2.24) is 23.8 Å². The number of carbonyl (C=O) groups is 1. The Balaban J connectivity index is 1.48. The lowest BCUT2D eigenvalue weighted by Crippen LogP contribution is -2.28. The predicted octanol–water partition coefficient (Wildman–Crippen LogP) is 3.79. The van der Waals surface area contributed by atoms with Crippen molar-refractivity contribution in [3.05, 3.63) is 82.5 Å². The van der Waals surface area contributed by atoms with Gasteiger partial charge in [-0.1, -0.05) is 18.2 Å². The molecule has 33 heavy (non-hydrogen) atoms. The van der Waals surface area contributed by atoms with Gasteiger partial charge in [0, 0.05) is 28.5 Å². The average Bonchev–Trinajstić information content (AvgIpc) is 3.37. The van der Waals surface area contributed by atoms with Gasteiger partial charge in [-0.05, 0) is 61.6 Å². The molecule has 0 aliphatic rings. The number of thioether (sulfide) groups is 1. The Morgan fingerprint density at radius 2 is 1.88 bits per heavy atom. The van der Waals surface area contributed by atoms with Crippen molar-refractivity contribution in [2.75, 3.05) is 11.6 Å². The number of fused-ring (bicyclic) bond motifs is 3. The molecule has 5 aromatic rings. The number of nitrogens with one attached hydrogen (secondary N) is 1. The zero-order valence-corrected chi connectivity index (χ0v) is 19.3. The van der Waals surface area contributed by atoms with Crippen LogP contribution < -0.4 is 11.0 Å². The molecule has 0 bridgehead atoms. The molecule has 3 aromatic heterocycles. The van der Waals surface area contributed by atoms with Crippen LogP contribution in [0.1, 0.15) is 11.1 Å². The van der Waals surface area contributed by atoms with E-state index in [9.17, 15) is 9.59 Å². The lowest BCUT2D eigenvalue weighted by Gasteiger charge is -2.05. The fourth-order valence-corrected chi connectivity index (χ4v) is 4.18. The van der Waals surface area contributed by atoms with Gasteiger partial charge in [0.1, 0.15) is 12.1 Å². The van der Waals surface area contributed by atoms with Crippen LogP contribution in [-0.4, -0.2) is 36.0 Å². The summed E-state index contributed by atoms with van der Waals surface area (Å²) in [5.74, 6) is -0.320. The van der Waals surface area contributed by atoms with Crippen molar-refractivity contribution < 1.29 is 4.79 Å². The minimum Gasteiger partial charge on any atom is -0.324 e. The summed E-state index contributed by atoms with van der Waals surface area (Å²) < 4.78 is 4.30. The molecule has 0 spiro atoms. The topological polar surface area (TPSA) is 85.7 Å². The third-order valence-electron chi connectivity index (χ3n) is 5.64. The van der Waals surface area contributed by atoms with Crippen LogP contribution in [0.15, 0.2) is 70.6 Å². The average molecular weight is 459 g/mol. The molecule has 0 aliphatic carbocycles. The van der Waals surface area contributed by atoms with Gasteiger partial charge in [-0.2, -0.15) is 5.10 Å². The van der Waals surface area contributed by atoms with E-state index in [1.165, 1.54) is 20.2 Å². The van der Waals surface area contributed by atoms with Gasteiger partial charge in [-0.15, -0.1) is 16.9 Å². The summed E-state index contributed by atoms with van der Waals surface area (Å²) in [7, 11) is 0. The number of nitrogens with zero attached hydrogens (tertiary/aromatic N) is 5. The first-order valence-corrected chi connectivity index (χ1v) is 11.6. The molecule has 0 saturated heterocycles. The Morgan fingerprint density at radius 3 is 2.67 bits per heavy atom. The highest BCUT2D eigenvalue weighted by Crippen LogP contribution is 2.23. The highest BCUT2D eigenvalue weighted by molar-refractivity contribution is 7.98. The smallest absolute Gasteiger partial charge is 0.324 e. The minimum absolute atomic E-state index is 0.186. The van der Waals surface area contributed by atoms with E-state index >= 15 is 0 Å². The fraction of sp³-hybridized carbons (Fsp3) is 0.167. The van der Waals surface area contributed by atoms with E-state index in [1.54, 1.807) is 28.7 Å². The van der Waals surface area contributed by atoms with E-state index in [0.29, 0.717) is 16.9 Å². The van der Waals surface area contributed by atoms with E-state index in [-0.39, 0.29) is 18.1 Å². The summed E-state index contributed by atoms with van der Waals surface area (Å²) in [6.45, 7) is 3.95. The van der Waals surface area contributed by atoms with Gasteiger partial charge in [0.15, 0.2) is 5.65 Å². The molecule has 3 heterocycles. The van der Waals surface area contributed by atoms with Crippen molar-refractivity contribution in [3.63, 3.8) is 0 Å². The third-order valence-corrected chi connectivity index (χ3v) is 6.37. The Bertz CT molecular complexity index is 1580. The van der Waals surface area contributed by atoms with Gasteiger partial charge in [0.05, 0.1) is 5.69 Å². The van der Waals surface area contributed by atoms with Crippen LogP contribution in [0.2, 0.25) is 0 Å². The molecule has 0 radical (unpaired) electrons. The second-order valence-electron chi connectivity index (χ2n) is 7.87. The minimum atomic E-state index is -0.380. The molecule has 166 valence electrons. The molecule has 0 atom stereocenters. The van der Waals surface area contributed by atoms with Crippen LogP contribution in [0.25, 0.3) is 22.4 Å². The van der Waals surface area contributed by atoms with Crippen molar-refractivity contribution in [1.29, 1.82) is 0 Å². The molecule has 0 aliphatic heterocycles. The second-order valence-corrected chi connectivity index (χ2v) is 8.75. The number of hydrogen-bond acceptors (Lipinski definition) is 5. The van der Waals surface area contributed by atoms with Crippen LogP contribution in [0.3, 0.4) is 0 Å². The highest BCUT2D eigenvalue weighted by Gasteiger charge is 2.15. The van der Waals surface area contributed by atoms with Crippen LogP contribution in [-0.2, 0) is 11.3 Å². The summed E-state index contributed by atoms with van der Waals surface area (Å²) >= 11 is 1.59. The number of aromatic nitrogens is 5. The van der Waals surface area contributed by atoms with Crippen molar-refractivity contribution in [3.8, 4) is 11.3 Å². The Labute approximate surface area is 193 Å². The summed E-state index contributed by atoms with van der Waals surface area (Å²) in [5.41, 5.74) is 5.62. The number of benzene rings is 2. The molecule has 0 fully saturated rings. The Kier molecular flexibility index (Phi) is 5.26. The summed E-state index contributed by atoms with van der Waals surface area (Å²) in [6, 6.07) is 15.6. The molecular weight excluding hydrogens is 436 g/mol. The number of carbonyl (C=O) groups excluding carboxylic acids is 1. The highest BCUT2D eigenvalue weighted by atomic mass is 32.2. The van der Waals surface area contributed by atoms with Crippen LogP contribution in [0, 0.1) is 13.8 Å². The molecule has 1 amide bonds. The van der Waals surface area contributed by atoms with E-state index in [2.05, 4.69) is 41.5 Å². The van der Waals surface area contributed by atoms with Gasteiger partial charge < -0.3 is 5.32 Å². The molecule has 0 saturated carbocycles. The molecule has 1 N–H and O–H groups in total. The van der Waals surface area contributed by atoms with E-state index < -0.39 is 0 Å². The van der Waals surface area contributed by atoms with Gasteiger partial charge in [0.2, 0.25) is 5.91 Å². The third kappa shape index (κ3) is 3.91. The lowest BCUT2D eigenvalue weighted by molar-refractivity contribution is -0.117. The van der Waals surface area contributed by atoms with Crippen molar-refractivity contribution >= 4 is 34.5 Å². The van der Waals surface area contributed by atoms with E-state index in [0.717, 1.165) is 16.2 Å². The van der Waals surface area contributed by atoms with Gasteiger partial charge in [-0.3, -0.25) is 4.79 Å². The molecule has 0 unspecified atom stereocenters. The predicted molar refractivity (Wildman–Crippen MR) is 130 cm³/mol. The molecule has 8 nitrogen and oxygen atoms in total. The second kappa shape index (κ2) is 8.25. The van der Waals surface area contributed by atoms with Crippen molar-refractivity contribution in [2.45, 2.75) is 25.3 Å². The summed E-state index contributed by atoms with van der Waals surface area (Å²) in [5, 5.41) is 11.9. The maximum absolute atomic E-state index is 12.9.